The van der Waals surface area contributed by atoms with Crippen molar-refractivity contribution in [1.82, 2.24) is 0 Å². The number of rotatable bonds is 7. The second-order valence-corrected chi connectivity index (χ2v) is 6.81. The lowest BCUT2D eigenvalue weighted by Gasteiger charge is -2.18. The maximum absolute atomic E-state index is 11.0. The number of thiophene rings is 1. The Hall–Kier alpha value is -2.02. The molecular formula is C19H21BO4S. The molecule has 1 N–H and O–H groups in total. The van der Waals surface area contributed by atoms with Crippen LogP contribution in [-0.2, 0) is 4.74 Å². The molecule has 1 unspecified atom stereocenters. The highest BCUT2D eigenvalue weighted by atomic mass is 32.1. The number of aliphatic hydroxyl groups excluding tert-OH is 1. The minimum atomic E-state index is -0.742. The molecule has 6 heteroatoms. The van der Waals surface area contributed by atoms with Crippen LogP contribution in [0.15, 0.2) is 42.5 Å². The van der Waals surface area contributed by atoms with Crippen molar-refractivity contribution in [3.63, 3.8) is 0 Å². The van der Waals surface area contributed by atoms with Crippen LogP contribution in [0.3, 0.4) is 0 Å². The molecule has 0 saturated heterocycles. The maximum Gasteiger partial charge on any atom is 0.188 e. The third-order valence-corrected chi connectivity index (χ3v) is 5.30. The van der Waals surface area contributed by atoms with Crippen molar-refractivity contribution >= 4 is 34.2 Å². The second-order valence-electron chi connectivity index (χ2n) is 5.70. The van der Waals surface area contributed by atoms with Gasteiger partial charge in [-0.25, -0.2) is 0 Å². The summed E-state index contributed by atoms with van der Waals surface area (Å²) in [5.41, 5.74) is 1.75. The fourth-order valence-corrected chi connectivity index (χ4v) is 3.91. The van der Waals surface area contributed by atoms with Gasteiger partial charge < -0.3 is 19.3 Å². The smallest absolute Gasteiger partial charge is 0.188 e. The van der Waals surface area contributed by atoms with Crippen molar-refractivity contribution in [2.24, 2.45) is 0 Å². The molecule has 1 aromatic heterocycles. The third-order valence-electron chi connectivity index (χ3n) is 4.13. The molecule has 0 spiro atoms. The predicted molar refractivity (Wildman–Crippen MR) is 104 cm³/mol. The molecule has 2 aromatic carbocycles. The normalized spacial score (nSPS) is 12.2. The van der Waals surface area contributed by atoms with Gasteiger partial charge in [0.2, 0.25) is 0 Å². The lowest BCUT2D eigenvalue weighted by atomic mass is 9.72. The quantitative estimate of drug-likeness (QED) is 0.522. The van der Waals surface area contributed by atoms with Crippen LogP contribution in [0.5, 0.6) is 11.5 Å². The van der Waals surface area contributed by atoms with Crippen molar-refractivity contribution < 1.29 is 19.3 Å². The van der Waals surface area contributed by atoms with Crippen molar-refractivity contribution in [3.05, 3.63) is 52.9 Å². The Morgan fingerprint density at radius 3 is 2.60 bits per heavy atom. The Labute approximate surface area is 152 Å². The molecule has 25 heavy (non-hydrogen) atoms. The Morgan fingerprint density at radius 1 is 1.12 bits per heavy atom. The van der Waals surface area contributed by atoms with Crippen LogP contribution in [0.25, 0.3) is 10.1 Å². The van der Waals surface area contributed by atoms with Gasteiger partial charge in [-0.3, -0.25) is 0 Å². The molecule has 4 nitrogen and oxygen atoms in total. The monoisotopic (exact) mass is 356 g/mol. The summed E-state index contributed by atoms with van der Waals surface area (Å²) in [6, 6.07) is 13.9. The highest BCUT2D eigenvalue weighted by Crippen LogP contribution is 2.37. The van der Waals surface area contributed by atoms with E-state index in [1.807, 2.05) is 30.3 Å². The Balaban J connectivity index is 2.01. The van der Waals surface area contributed by atoms with Crippen LogP contribution >= 0.6 is 11.3 Å². The van der Waals surface area contributed by atoms with Crippen molar-refractivity contribution in [2.75, 3.05) is 21.0 Å². The first kappa shape index (κ1) is 17.8. The van der Waals surface area contributed by atoms with Crippen LogP contribution in [0, 0.1) is 0 Å². The average molecular weight is 356 g/mol. The maximum atomic E-state index is 11.0. The summed E-state index contributed by atoms with van der Waals surface area (Å²) in [6.07, 6.45) is -0.742. The topological polar surface area (TPSA) is 47.9 Å². The van der Waals surface area contributed by atoms with Gasteiger partial charge in [-0.15, -0.1) is 11.3 Å². The van der Waals surface area contributed by atoms with E-state index in [1.165, 1.54) is 0 Å². The van der Waals surface area contributed by atoms with Gasteiger partial charge in [0.05, 0.1) is 7.11 Å². The number of hydrogen-bond donors (Lipinski definition) is 1. The first-order valence-electron chi connectivity index (χ1n) is 8.17. The highest BCUT2D eigenvalue weighted by molar-refractivity contribution is 7.19. The van der Waals surface area contributed by atoms with Gasteiger partial charge in [-0.05, 0) is 23.0 Å². The number of hydrogen-bond acceptors (Lipinski definition) is 5. The van der Waals surface area contributed by atoms with E-state index in [0.29, 0.717) is 11.5 Å². The predicted octanol–water partition coefficient (Wildman–Crippen LogP) is 3.08. The molecule has 0 saturated carbocycles. The number of methoxy groups -OCH3 is 2. The molecule has 0 amide bonds. The zero-order valence-electron chi connectivity index (χ0n) is 14.6. The largest absolute Gasteiger partial charge is 0.496 e. The molecule has 0 aliphatic heterocycles. The van der Waals surface area contributed by atoms with Crippen molar-refractivity contribution in [3.8, 4) is 11.5 Å². The lowest BCUT2D eigenvalue weighted by molar-refractivity contribution is 0.0517. The lowest BCUT2D eigenvalue weighted by Crippen LogP contribution is -2.18. The zero-order chi connectivity index (χ0) is 17.8. The first-order chi connectivity index (χ1) is 12.2. The van der Waals surface area contributed by atoms with E-state index in [1.54, 1.807) is 25.6 Å². The Morgan fingerprint density at radius 2 is 1.92 bits per heavy atom. The standard InChI is InChI=1S/C19H21BO4S/c1-20-14-9-13(15(23-3)10-16(14)24-11-22-2)19(21)18-8-12-6-4-5-7-17(12)25-18/h4-10,19-21H,11H2,1-3H3. The molecule has 0 aliphatic rings. The molecule has 1 atom stereocenters. The van der Waals surface area contributed by atoms with Crippen molar-refractivity contribution in [2.45, 2.75) is 12.9 Å². The summed E-state index contributed by atoms with van der Waals surface area (Å²) in [7, 11) is 3.97. The molecule has 1 heterocycles. The molecule has 3 aromatic rings. The van der Waals surface area contributed by atoms with E-state index < -0.39 is 6.10 Å². The molecule has 130 valence electrons. The first-order valence-corrected chi connectivity index (χ1v) is 8.98. The molecular weight excluding hydrogens is 335 g/mol. The minimum Gasteiger partial charge on any atom is -0.496 e. The van der Waals surface area contributed by atoms with Gasteiger partial charge in [0.25, 0.3) is 0 Å². The second kappa shape index (κ2) is 7.91. The van der Waals surface area contributed by atoms with E-state index in [2.05, 4.69) is 19.0 Å². The van der Waals surface area contributed by atoms with Crippen LogP contribution in [0.1, 0.15) is 16.5 Å². The van der Waals surface area contributed by atoms with Crippen LogP contribution in [-0.4, -0.2) is 33.4 Å². The summed E-state index contributed by atoms with van der Waals surface area (Å²) in [4.78, 5) is 0.895. The molecule has 0 radical (unpaired) electrons. The fraction of sp³-hybridized carbons (Fsp3) is 0.263. The molecule has 0 bridgehead atoms. The average Bonchev–Trinajstić information content (AvgIpc) is 3.09. The van der Waals surface area contributed by atoms with Gasteiger partial charge >= 0.3 is 0 Å². The van der Waals surface area contributed by atoms with E-state index in [-0.39, 0.29) is 6.79 Å². The number of aliphatic hydroxyl groups is 1. The zero-order valence-corrected chi connectivity index (χ0v) is 15.4. The third kappa shape index (κ3) is 3.66. The van der Waals surface area contributed by atoms with Crippen LogP contribution < -0.4 is 14.9 Å². The highest BCUT2D eigenvalue weighted by Gasteiger charge is 2.20. The summed E-state index contributed by atoms with van der Waals surface area (Å²) >= 11 is 1.59. The summed E-state index contributed by atoms with van der Waals surface area (Å²) in [5.74, 6) is 1.32. The van der Waals surface area contributed by atoms with Gasteiger partial charge in [-0.1, -0.05) is 31.1 Å². The van der Waals surface area contributed by atoms with Crippen LogP contribution in [0.2, 0.25) is 6.82 Å². The Bertz CT molecular complexity index is 829. The summed E-state index contributed by atoms with van der Waals surface area (Å²) in [6.45, 7) is 2.23. The fourth-order valence-electron chi connectivity index (χ4n) is 2.84. The van der Waals surface area contributed by atoms with E-state index in [4.69, 9.17) is 14.2 Å². The van der Waals surface area contributed by atoms with Gasteiger partial charge in [0.1, 0.15) is 17.6 Å². The SMILES string of the molecule is CBc1cc(C(O)c2cc3ccccc3s2)c(OC)cc1OCOC. The molecule has 0 fully saturated rings. The number of fused-ring (bicyclic) bond motifs is 1. The number of ether oxygens (including phenoxy) is 3. The molecule has 3 rings (SSSR count). The Kier molecular flexibility index (Phi) is 5.63. The van der Waals surface area contributed by atoms with Gasteiger partial charge in [0, 0.05) is 28.3 Å². The minimum absolute atomic E-state index is 0.175. The van der Waals surface area contributed by atoms with Crippen molar-refractivity contribution in [1.29, 1.82) is 0 Å². The van der Waals surface area contributed by atoms with Gasteiger partial charge in [-0.2, -0.15) is 0 Å². The van der Waals surface area contributed by atoms with E-state index in [0.717, 1.165) is 33.3 Å². The van der Waals surface area contributed by atoms with E-state index in [9.17, 15) is 5.11 Å². The summed E-state index contributed by atoms with van der Waals surface area (Å²) in [5, 5.41) is 12.1. The summed E-state index contributed by atoms with van der Waals surface area (Å²) < 4.78 is 17.3. The van der Waals surface area contributed by atoms with Crippen LogP contribution in [0.4, 0.5) is 0 Å². The number of benzene rings is 2. The van der Waals surface area contributed by atoms with Gasteiger partial charge in [0.15, 0.2) is 14.1 Å². The van der Waals surface area contributed by atoms with E-state index >= 15 is 0 Å². The molecule has 0 aliphatic carbocycles.